The van der Waals surface area contributed by atoms with Crippen molar-refractivity contribution in [2.45, 2.75) is 44.4 Å². The molecule has 1 aromatic heterocycles. The molecule has 0 radical (unpaired) electrons. The van der Waals surface area contributed by atoms with E-state index in [1.165, 1.54) is 12.4 Å². The standard InChI is InChI=1S/C25H27ClFN5O3/c1-14-9-16(12-32(14)25(33)31(2)15-7-8-15)35-22-10-17-20(11-21(22)34-3)28-13-29-24(17)30-19-6-4-5-18(26)23(19)27/h4-6,10-11,13-16H,7-9,12H2,1-3H3,(H,28,29,30)/t14?,16-/m0/s1. The van der Waals surface area contributed by atoms with Crippen molar-refractivity contribution in [2.24, 2.45) is 0 Å². The molecule has 3 aromatic rings. The number of benzene rings is 2. The smallest absolute Gasteiger partial charge is 0.320 e. The Morgan fingerprint density at radius 2 is 2.06 bits per heavy atom. The zero-order chi connectivity index (χ0) is 24.7. The van der Waals surface area contributed by atoms with Crippen molar-refractivity contribution in [1.82, 2.24) is 19.8 Å². The molecule has 5 rings (SSSR count). The quantitative estimate of drug-likeness (QED) is 0.500. The highest BCUT2D eigenvalue weighted by Gasteiger charge is 2.39. The molecule has 10 heteroatoms. The highest BCUT2D eigenvalue weighted by atomic mass is 35.5. The van der Waals surface area contributed by atoms with E-state index in [-0.39, 0.29) is 28.9 Å². The highest BCUT2D eigenvalue weighted by molar-refractivity contribution is 6.31. The molecule has 2 fully saturated rings. The van der Waals surface area contributed by atoms with E-state index in [0.717, 1.165) is 12.8 Å². The molecule has 0 bridgehead atoms. The van der Waals surface area contributed by atoms with E-state index in [9.17, 15) is 9.18 Å². The monoisotopic (exact) mass is 499 g/mol. The van der Waals surface area contributed by atoms with Crippen LogP contribution in [0.2, 0.25) is 5.02 Å². The van der Waals surface area contributed by atoms with E-state index < -0.39 is 5.82 Å². The molecule has 1 unspecified atom stereocenters. The molecule has 1 N–H and O–H groups in total. The first-order valence-electron chi connectivity index (χ1n) is 11.6. The Labute approximate surface area is 208 Å². The molecule has 1 aliphatic carbocycles. The number of carbonyl (C=O) groups is 1. The van der Waals surface area contributed by atoms with E-state index in [1.54, 1.807) is 31.4 Å². The maximum absolute atomic E-state index is 14.5. The number of ether oxygens (including phenoxy) is 2. The summed E-state index contributed by atoms with van der Waals surface area (Å²) in [7, 11) is 3.43. The third-order valence-electron chi connectivity index (χ3n) is 6.60. The van der Waals surface area contributed by atoms with Gasteiger partial charge >= 0.3 is 6.03 Å². The second-order valence-corrected chi connectivity index (χ2v) is 9.48. The lowest BCUT2D eigenvalue weighted by atomic mass is 10.2. The molecule has 2 atom stereocenters. The van der Waals surface area contributed by atoms with Crippen molar-refractivity contribution in [3.8, 4) is 11.5 Å². The molecule has 184 valence electrons. The molecule has 1 saturated carbocycles. The van der Waals surface area contributed by atoms with Crippen molar-refractivity contribution in [1.29, 1.82) is 0 Å². The van der Waals surface area contributed by atoms with E-state index in [1.807, 2.05) is 23.8 Å². The summed E-state index contributed by atoms with van der Waals surface area (Å²) in [5, 5.41) is 3.66. The van der Waals surface area contributed by atoms with Gasteiger partial charge in [-0.25, -0.2) is 19.2 Å². The average Bonchev–Trinajstić information content (AvgIpc) is 3.63. The summed E-state index contributed by atoms with van der Waals surface area (Å²) in [6.07, 6.45) is 4.03. The Balaban J connectivity index is 1.41. The minimum absolute atomic E-state index is 0.0147. The van der Waals surface area contributed by atoms with Gasteiger partial charge in [-0.2, -0.15) is 0 Å². The summed E-state index contributed by atoms with van der Waals surface area (Å²) in [6.45, 7) is 2.53. The van der Waals surface area contributed by atoms with Gasteiger partial charge in [0.1, 0.15) is 18.2 Å². The lowest BCUT2D eigenvalue weighted by Gasteiger charge is -2.27. The van der Waals surface area contributed by atoms with Crippen LogP contribution < -0.4 is 14.8 Å². The zero-order valence-corrected chi connectivity index (χ0v) is 20.6. The fourth-order valence-electron chi connectivity index (χ4n) is 4.48. The second-order valence-electron chi connectivity index (χ2n) is 9.07. The number of halogens is 2. The van der Waals surface area contributed by atoms with Gasteiger partial charge in [0, 0.05) is 37.0 Å². The van der Waals surface area contributed by atoms with Crippen molar-refractivity contribution >= 4 is 40.0 Å². The van der Waals surface area contributed by atoms with Crippen LogP contribution in [0.25, 0.3) is 10.9 Å². The molecular weight excluding hydrogens is 473 g/mol. The number of likely N-dealkylation sites (tertiary alicyclic amines) is 1. The Kier molecular flexibility index (Phi) is 6.27. The third-order valence-corrected chi connectivity index (χ3v) is 6.89. The van der Waals surface area contributed by atoms with Crippen LogP contribution in [0.4, 0.5) is 20.7 Å². The van der Waals surface area contributed by atoms with Gasteiger partial charge in [0.2, 0.25) is 0 Å². The number of hydrogen-bond donors (Lipinski definition) is 1. The number of nitrogens with zero attached hydrogens (tertiary/aromatic N) is 4. The number of rotatable bonds is 6. The van der Waals surface area contributed by atoms with Crippen molar-refractivity contribution in [2.75, 3.05) is 26.0 Å². The highest BCUT2D eigenvalue weighted by Crippen LogP contribution is 2.37. The molecule has 2 heterocycles. The Morgan fingerprint density at radius 1 is 1.26 bits per heavy atom. The maximum Gasteiger partial charge on any atom is 0.320 e. The van der Waals surface area contributed by atoms with Crippen LogP contribution in [0.3, 0.4) is 0 Å². The molecular formula is C25H27ClFN5O3. The average molecular weight is 500 g/mol. The first-order valence-corrected chi connectivity index (χ1v) is 12.0. The maximum atomic E-state index is 14.5. The molecule has 2 aliphatic rings. The lowest BCUT2D eigenvalue weighted by Crippen LogP contribution is -2.44. The fourth-order valence-corrected chi connectivity index (χ4v) is 4.65. The molecule has 2 amide bonds. The summed E-state index contributed by atoms with van der Waals surface area (Å²) >= 11 is 5.93. The number of nitrogens with one attached hydrogen (secondary N) is 1. The first-order chi connectivity index (χ1) is 16.9. The number of urea groups is 1. The number of methoxy groups -OCH3 is 1. The lowest BCUT2D eigenvalue weighted by molar-refractivity contribution is 0.150. The SMILES string of the molecule is COc1cc2ncnc(Nc3cccc(Cl)c3F)c2cc1O[C@H]1CC(C)N(C(=O)N(C)C2CC2)C1. The van der Waals surface area contributed by atoms with E-state index in [0.29, 0.717) is 47.2 Å². The van der Waals surface area contributed by atoms with Gasteiger partial charge in [0.25, 0.3) is 0 Å². The van der Waals surface area contributed by atoms with Gasteiger partial charge in [-0.3, -0.25) is 0 Å². The van der Waals surface area contributed by atoms with Crippen molar-refractivity contribution in [3.05, 3.63) is 47.5 Å². The molecule has 1 saturated heterocycles. The largest absolute Gasteiger partial charge is 0.493 e. The normalized spacial score (nSPS) is 19.6. The van der Waals surface area contributed by atoms with Crippen LogP contribution >= 0.6 is 11.6 Å². The van der Waals surface area contributed by atoms with Gasteiger partial charge < -0.3 is 24.6 Å². The molecule has 1 aliphatic heterocycles. The van der Waals surface area contributed by atoms with Gasteiger partial charge in [0.05, 0.1) is 29.9 Å². The van der Waals surface area contributed by atoms with Crippen LogP contribution in [-0.2, 0) is 0 Å². The summed E-state index contributed by atoms with van der Waals surface area (Å²) in [4.78, 5) is 25.2. The summed E-state index contributed by atoms with van der Waals surface area (Å²) < 4.78 is 26.4. The summed E-state index contributed by atoms with van der Waals surface area (Å²) in [6, 6.07) is 8.72. The zero-order valence-electron chi connectivity index (χ0n) is 19.8. The second kappa shape index (κ2) is 9.37. The summed E-state index contributed by atoms with van der Waals surface area (Å²) in [5.74, 6) is 0.869. The van der Waals surface area contributed by atoms with E-state index >= 15 is 0 Å². The molecule has 2 aromatic carbocycles. The number of hydrogen-bond acceptors (Lipinski definition) is 6. The predicted octanol–water partition coefficient (Wildman–Crippen LogP) is 5.23. The third kappa shape index (κ3) is 4.65. The van der Waals surface area contributed by atoms with Gasteiger partial charge in [-0.15, -0.1) is 0 Å². The topological polar surface area (TPSA) is 79.8 Å². The van der Waals surface area contributed by atoms with Crippen LogP contribution in [-0.4, -0.2) is 64.7 Å². The van der Waals surface area contributed by atoms with Gasteiger partial charge in [-0.05, 0) is 38.0 Å². The minimum atomic E-state index is -0.563. The Morgan fingerprint density at radius 3 is 2.80 bits per heavy atom. The fraction of sp³-hybridized carbons (Fsp3) is 0.400. The van der Waals surface area contributed by atoms with Crippen LogP contribution in [0, 0.1) is 5.82 Å². The summed E-state index contributed by atoms with van der Waals surface area (Å²) in [5.41, 5.74) is 0.811. The van der Waals surface area contributed by atoms with Crippen molar-refractivity contribution in [3.63, 3.8) is 0 Å². The molecule has 0 spiro atoms. The Bertz CT molecular complexity index is 1270. The van der Waals surface area contributed by atoms with Gasteiger partial charge in [-0.1, -0.05) is 17.7 Å². The number of anilines is 2. The van der Waals surface area contributed by atoms with Crippen LogP contribution in [0.15, 0.2) is 36.7 Å². The molecule has 8 nitrogen and oxygen atoms in total. The predicted molar refractivity (Wildman–Crippen MR) is 132 cm³/mol. The van der Waals surface area contributed by atoms with Crippen LogP contribution in [0.1, 0.15) is 26.2 Å². The number of carbonyl (C=O) groups excluding carboxylic acids is 1. The first kappa shape index (κ1) is 23.4. The van der Waals surface area contributed by atoms with Gasteiger partial charge in [0.15, 0.2) is 17.3 Å². The number of amides is 2. The molecule has 35 heavy (non-hydrogen) atoms. The minimum Gasteiger partial charge on any atom is -0.493 e. The number of aromatic nitrogens is 2. The Hall–Kier alpha value is -3.33. The van der Waals surface area contributed by atoms with E-state index in [2.05, 4.69) is 15.3 Å². The van der Waals surface area contributed by atoms with Crippen molar-refractivity contribution < 1.29 is 18.7 Å². The number of fused-ring (bicyclic) bond motifs is 1. The van der Waals surface area contributed by atoms with Crippen LogP contribution in [0.5, 0.6) is 11.5 Å². The van der Waals surface area contributed by atoms with E-state index in [4.69, 9.17) is 21.1 Å².